The van der Waals surface area contributed by atoms with Gasteiger partial charge in [-0.3, -0.25) is 9.59 Å². The number of hydrogen-bond acceptors (Lipinski definition) is 7. The maximum atomic E-state index is 12.4. The molecule has 3 N–H and O–H groups in total. The van der Waals surface area contributed by atoms with E-state index in [-0.39, 0.29) is 36.2 Å². The summed E-state index contributed by atoms with van der Waals surface area (Å²) in [5.74, 6) is -0.337. The summed E-state index contributed by atoms with van der Waals surface area (Å²) in [6.07, 6.45) is 0.515. The second-order valence-electron chi connectivity index (χ2n) is 6.25. The molecule has 1 atom stereocenters. The van der Waals surface area contributed by atoms with Gasteiger partial charge in [0.2, 0.25) is 0 Å². The molecule has 3 rings (SSSR count). The fourth-order valence-corrected chi connectivity index (χ4v) is 3.23. The summed E-state index contributed by atoms with van der Waals surface area (Å²) in [4.78, 5) is 24.1. The van der Waals surface area contributed by atoms with Gasteiger partial charge in [0.1, 0.15) is 18.0 Å². The molecule has 0 aliphatic carbocycles. The molecule has 0 spiro atoms. The van der Waals surface area contributed by atoms with E-state index in [1.807, 2.05) is 6.07 Å². The van der Waals surface area contributed by atoms with Crippen LogP contribution in [0.25, 0.3) is 0 Å². The first-order valence-corrected chi connectivity index (χ1v) is 8.55. The van der Waals surface area contributed by atoms with Crippen LogP contribution in [-0.2, 0) is 24.3 Å². The van der Waals surface area contributed by atoms with Gasteiger partial charge >= 0.3 is 7.12 Å². The molecule has 1 aliphatic heterocycles. The standard InChI is InChI=1S/C16H18BClN4O4/c1-9(23)13-4-2-3-10-5-11(17(25)26-15(10)13)6-12(24)8-22-16(18)14(7-19)20-21-22/h2-4,11,25H,5-8,19H2,1H3/t11-/m1/s1. The van der Waals surface area contributed by atoms with Gasteiger partial charge in [-0.2, -0.15) is 0 Å². The molecule has 0 unspecified atom stereocenters. The van der Waals surface area contributed by atoms with E-state index in [1.54, 1.807) is 12.1 Å². The summed E-state index contributed by atoms with van der Waals surface area (Å²) in [5.41, 5.74) is 7.13. The summed E-state index contributed by atoms with van der Waals surface area (Å²) in [5, 5.41) is 18.1. The van der Waals surface area contributed by atoms with E-state index in [9.17, 15) is 14.6 Å². The largest absolute Gasteiger partial charge is 0.535 e. The van der Waals surface area contributed by atoms with Gasteiger partial charge in [-0.15, -0.1) is 5.10 Å². The van der Waals surface area contributed by atoms with Crippen LogP contribution < -0.4 is 10.4 Å². The first-order chi connectivity index (χ1) is 12.4. The van der Waals surface area contributed by atoms with Crippen molar-refractivity contribution in [2.75, 3.05) is 0 Å². The van der Waals surface area contributed by atoms with Crippen LogP contribution in [0.15, 0.2) is 18.2 Å². The van der Waals surface area contributed by atoms with Crippen LogP contribution in [0.3, 0.4) is 0 Å². The zero-order valence-electron chi connectivity index (χ0n) is 14.2. The molecule has 2 heterocycles. The highest BCUT2D eigenvalue weighted by Crippen LogP contribution is 2.36. The quantitative estimate of drug-likeness (QED) is 0.570. The minimum absolute atomic E-state index is 0.0601. The SMILES string of the molecule is CC(=O)c1cccc2c1OB(O)[C@@H](CC(=O)Cn1nnc(CN)c1Cl)C2. The molecule has 0 fully saturated rings. The molecule has 10 heteroatoms. The Morgan fingerprint density at radius 2 is 2.27 bits per heavy atom. The lowest BCUT2D eigenvalue weighted by Gasteiger charge is -2.28. The van der Waals surface area contributed by atoms with Gasteiger partial charge in [0.05, 0.1) is 5.56 Å². The first-order valence-electron chi connectivity index (χ1n) is 8.18. The fraction of sp³-hybridized carbons (Fsp3) is 0.375. The second-order valence-corrected chi connectivity index (χ2v) is 6.61. The fourth-order valence-electron chi connectivity index (χ4n) is 3.02. The Morgan fingerprint density at radius 1 is 1.50 bits per heavy atom. The molecule has 0 saturated heterocycles. The lowest BCUT2D eigenvalue weighted by Crippen LogP contribution is -2.36. The number of fused-ring (bicyclic) bond motifs is 1. The topological polar surface area (TPSA) is 120 Å². The minimum atomic E-state index is -1.17. The van der Waals surface area contributed by atoms with Crippen molar-refractivity contribution < 1.29 is 19.3 Å². The lowest BCUT2D eigenvalue weighted by atomic mass is 9.64. The van der Waals surface area contributed by atoms with Crippen molar-refractivity contribution in [3.05, 3.63) is 40.2 Å². The predicted octanol–water partition coefficient (Wildman–Crippen LogP) is 1.04. The van der Waals surface area contributed by atoms with Crippen molar-refractivity contribution >= 4 is 30.3 Å². The number of benzene rings is 1. The molecule has 1 aliphatic rings. The number of para-hydroxylation sites is 1. The van der Waals surface area contributed by atoms with Gasteiger partial charge in [0.15, 0.2) is 16.7 Å². The summed E-state index contributed by atoms with van der Waals surface area (Å²) < 4.78 is 6.82. The summed E-state index contributed by atoms with van der Waals surface area (Å²) in [6, 6.07) is 5.24. The average molecular weight is 377 g/mol. The molecule has 0 radical (unpaired) electrons. The third kappa shape index (κ3) is 3.65. The summed E-state index contributed by atoms with van der Waals surface area (Å²) in [6.45, 7) is 1.52. The third-order valence-electron chi connectivity index (χ3n) is 4.35. The number of hydrogen-bond donors (Lipinski definition) is 2. The van der Waals surface area contributed by atoms with E-state index < -0.39 is 12.9 Å². The van der Waals surface area contributed by atoms with Crippen LogP contribution >= 0.6 is 11.6 Å². The zero-order chi connectivity index (χ0) is 18.8. The predicted molar refractivity (Wildman–Crippen MR) is 95.0 cm³/mol. The number of ketones is 2. The number of nitrogens with zero attached hydrogens (tertiary/aromatic N) is 3. The van der Waals surface area contributed by atoms with Crippen molar-refractivity contribution in [2.45, 2.75) is 38.7 Å². The van der Waals surface area contributed by atoms with E-state index in [2.05, 4.69) is 10.3 Å². The van der Waals surface area contributed by atoms with E-state index >= 15 is 0 Å². The van der Waals surface area contributed by atoms with Gasteiger partial charge in [-0.05, 0) is 25.0 Å². The molecular formula is C16H18BClN4O4. The number of carbonyl (C=O) groups excluding carboxylic acids is 2. The monoisotopic (exact) mass is 376 g/mol. The zero-order valence-corrected chi connectivity index (χ0v) is 14.9. The van der Waals surface area contributed by atoms with Gasteiger partial charge in [0.25, 0.3) is 0 Å². The Morgan fingerprint density at radius 3 is 2.92 bits per heavy atom. The second kappa shape index (κ2) is 7.57. The van der Waals surface area contributed by atoms with Crippen molar-refractivity contribution in [1.82, 2.24) is 15.0 Å². The number of Topliss-reactive ketones (excluding diaryl/α,β-unsaturated/α-hetero) is 2. The number of halogens is 1. The van der Waals surface area contributed by atoms with Crippen molar-refractivity contribution in [3.8, 4) is 5.75 Å². The van der Waals surface area contributed by atoms with Crippen LogP contribution in [0.1, 0.15) is 35.0 Å². The number of rotatable bonds is 6. The van der Waals surface area contributed by atoms with Crippen molar-refractivity contribution in [2.24, 2.45) is 5.73 Å². The molecule has 2 aromatic rings. The van der Waals surface area contributed by atoms with Crippen molar-refractivity contribution in [3.63, 3.8) is 0 Å². The molecule has 0 bridgehead atoms. The van der Waals surface area contributed by atoms with Gasteiger partial charge in [0, 0.05) is 18.8 Å². The summed E-state index contributed by atoms with van der Waals surface area (Å²) >= 11 is 6.05. The maximum Gasteiger partial charge on any atom is 0.526 e. The van der Waals surface area contributed by atoms with Crippen LogP contribution in [0.4, 0.5) is 0 Å². The first kappa shape index (κ1) is 18.6. The Labute approximate surface area is 155 Å². The molecule has 1 aromatic heterocycles. The Balaban J connectivity index is 1.71. The van der Waals surface area contributed by atoms with Crippen LogP contribution in [0.2, 0.25) is 11.0 Å². The lowest BCUT2D eigenvalue weighted by molar-refractivity contribution is -0.120. The van der Waals surface area contributed by atoms with Crippen molar-refractivity contribution in [1.29, 1.82) is 0 Å². The summed E-state index contributed by atoms with van der Waals surface area (Å²) in [7, 11) is -1.17. The normalized spacial score (nSPS) is 16.2. The molecule has 136 valence electrons. The van der Waals surface area contributed by atoms with Gasteiger partial charge < -0.3 is 15.4 Å². The molecule has 1 aromatic carbocycles. The highest BCUT2D eigenvalue weighted by molar-refractivity contribution is 6.47. The number of carbonyl (C=O) groups is 2. The molecule has 0 amide bonds. The Kier molecular flexibility index (Phi) is 5.40. The third-order valence-corrected chi connectivity index (χ3v) is 4.76. The molecular weight excluding hydrogens is 358 g/mol. The minimum Gasteiger partial charge on any atom is -0.535 e. The average Bonchev–Trinajstić information content (AvgIpc) is 2.94. The maximum absolute atomic E-state index is 12.4. The smallest absolute Gasteiger partial charge is 0.526 e. The van der Waals surface area contributed by atoms with E-state index in [0.717, 1.165) is 5.56 Å². The molecule has 0 saturated carbocycles. The molecule has 8 nitrogen and oxygen atoms in total. The highest BCUT2D eigenvalue weighted by Gasteiger charge is 2.37. The van der Waals surface area contributed by atoms with Gasteiger partial charge in [-0.25, -0.2) is 4.68 Å². The van der Waals surface area contributed by atoms with E-state index in [1.165, 1.54) is 11.6 Å². The van der Waals surface area contributed by atoms with E-state index in [0.29, 0.717) is 23.4 Å². The van der Waals surface area contributed by atoms with E-state index in [4.69, 9.17) is 22.0 Å². The highest BCUT2D eigenvalue weighted by atomic mass is 35.5. The number of aromatic nitrogens is 3. The van der Waals surface area contributed by atoms with Crippen LogP contribution in [0.5, 0.6) is 5.75 Å². The van der Waals surface area contributed by atoms with Gasteiger partial charge in [-0.1, -0.05) is 28.9 Å². The molecule has 26 heavy (non-hydrogen) atoms. The number of nitrogens with two attached hydrogens (primary N) is 1. The Bertz CT molecular complexity index is 857. The Hall–Kier alpha value is -2.23. The van der Waals surface area contributed by atoms with Crippen LogP contribution in [-0.4, -0.2) is 38.7 Å². The van der Waals surface area contributed by atoms with Crippen LogP contribution in [0, 0.1) is 0 Å².